The minimum Gasteiger partial charge on any atom is -0.478 e. The maximum atomic E-state index is 10.7. The fraction of sp³-hybridized carbons (Fsp3) is 0.250. The molecule has 78 valence electrons. The minimum absolute atomic E-state index is 0.311. The van der Waals surface area contributed by atoms with Crippen LogP contribution in [0.25, 0.3) is 0 Å². The third-order valence-corrected chi connectivity index (χ3v) is 1.95. The summed E-state index contributed by atoms with van der Waals surface area (Å²) in [7, 11) is 0. The smallest absolute Gasteiger partial charge is 0.335 e. The van der Waals surface area contributed by atoms with Crippen LogP contribution < -0.4 is 5.32 Å². The number of nitrogens with one attached hydrogen (secondary N) is 1. The molecule has 3 heteroatoms. The second kappa shape index (κ2) is 5.84. The Hall–Kier alpha value is -1.79. The SMILES string of the molecule is C#CCCNCc1cccc(C(=O)O)c1. The maximum absolute atomic E-state index is 10.7. The first-order valence-corrected chi connectivity index (χ1v) is 4.70. The van der Waals surface area contributed by atoms with Gasteiger partial charge in [0.25, 0.3) is 0 Å². The van der Waals surface area contributed by atoms with Gasteiger partial charge in [0.05, 0.1) is 5.56 Å². The lowest BCUT2D eigenvalue weighted by atomic mass is 10.1. The first kappa shape index (κ1) is 11.3. The third-order valence-electron chi connectivity index (χ3n) is 1.95. The van der Waals surface area contributed by atoms with Crippen molar-refractivity contribution in [3.05, 3.63) is 35.4 Å². The second-order valence-corrected chi connectivity index (χ2v) is 3.14. The summed E-state index contributed by atoms with van der Waals surface area (Å²) in [4.78, 5) is 10.7. The summed E-state index contributed by atoms with van der Waals surface area (Å²) in [5.74, 6) is 1.62. The van der Waals surface area contributed by atoms with E-state index >= 15 is 0 Å². The summed E-state index contributed by atoms with van der Waals surface area (Å²) in [5.41, 5.74) is 1.26. The van der Waals surface area contributed by atoms with Crippen LogP contribution in [0.5, 0.6) is 0 Å². The van der Waals surface area contributed by atoms with Crippen LogP contribution in [0.3, 0.4) is 0 Å². The zero-order valence-electron chi connectivity index (χ0n) is 8.36. The Kier molecular flexibility index (Phi) is 4.39. The van der Waals surface area contributed by atoms with E-state index in [2.05, 4.69) is 11.2 Å². The van der Waals surface area contributed by atoms with Gasteiger partial charge in [0.2, 0.25) is 0 Å². The Labute approximate surface area is 89.1 Å². The maximum Gasteiger partial charge on any atom is 0.335 e. The summed E-state index contributed by atoms with van der Waals surface area (Å²) < 4.78 is 0. The van der Waals surface area contributed by atoms with Gasteiger partial charge in [0, 0.05) is 19.5 Å². The quantitative estimate of drug-likeness (QED) is 0.563. The second-order valence-electron chi connectivity index (χ2n) is 3.14. The number of hydrogen-bond acceptors (Lipinski definition) is 2. The molecule has 0 heterocycles. The number of rotatable bonds is 5. The summed E-state index contributed by atoms with van der Waals surface area (Å²) in [6.07, 6.45) is 5.78. The Morgan fingerprint density at radius 1 is 1.53 bits per heavy atom. The Bertz CT molecular complexity index is 379. The van der Waals surface area contributed by atoms with Crippen LogP contribution in [0, 0.1) is 12.3 Å². The molecular formula is C12H13NO2. The molecule has 3 nitrogen and oxygen atoms in total. The number of carbonyl (C=O) groups is 1. The predicted molar refractivity (Wildman–Crippen MR) is 58.6 cm³/mol. The van der Waals surface area contributed by atoms with E-state index in [0.717, 1.165) is 12.1 Å². The van der Waals surface area contributed by atoms with Crippen LogP contribution in [0.2, 0.25) is 0 Å². The lowest BCUT2D eigenvalue weighted by molar-refractivity contribution is 0.0697. The third kappa shape index (κ3) is 3.84. The molecule has 0 spiro atoms. The molecule has 0 atom stereocenters. The van der Waals surface area contributed by atoms with E-state index < -0.39 is 5.97 Å². The Morgan fingerprint density at radius 3 is 3.00 bits per heavy atom. The fourth-order valence-electron chi connectivity index (χ4n) is 1.21. The van der Waals surface area contributed by atoms with Gasteiger partial charge >= 0.3 is 5.97 Å². The molecule has 0 bridgehead atoms. The highest BCUT2D eigenvalue weighted by atomic mass is 16.4. The number of carboxylic acids is 1. The van der Waals surface area contributed by atoms with Gasteiger partial charge in [0.15, 0.2) is 0 Å². The van der Waals surface area contributed by atoms with Crippen molar-refractivity contribution in [2.24, 2.45) is 0 Å². The van der Waals surface area contributed by atoms with Crippen LogP contribution >= 0.6 is 0 Å². The summed E-state index contributed by atoms with van der Waals surface area (Å²) >= 11 is 0. The van der Waals surface area contributed by atoms with E-state index in [9.17, 15) is 4.79 Å². The van der Waals surface area contributed by atoms with Gasteiger partial charge in [-0.25, -0.2) is 4.79 Å². The van der Waals surface area contributed by atoms with Crippen molar-refractivity contribution in [1.82, 2.24) is 5.32 Å². The topological polar surface area (TPSA) is 49.3 Å². The van der Waals surface area contributed by atoms with Crippen LogP contribution in [0.15, 0.2) is 24.3 Å². The molecule has 0 aliphatic rings. The summed E-state index contributed by atoms with van der Waals surface area (Å²) in [5, 5.41) is 11.9. The van der Waals surface area contributed by atoms with Gasteiger partial charge in [-0.2, -0.15) is 0 Å². The number of aromatic carboxylic acids is 1. The number of hydrogen-bond donors (Lipinski definition) is 2. The molecule has 0 radical (unpaired) electrons. The van der Waals surface area contributed by atoms with Crippen molar-refractivity contribution in [3.8, 4) is 12.3 Å². The molecule has 1 rings (SSSR count). The van der Waals surface area contributed by atoms with E-state index in [0.29, 0.717) is 18.5 Å². The number of benzene rings is 1. The number of terminal acetylenes is 1. The Morgan fingerprint density at radius 2 is 2.33 bits per heavy atom. The van der Waals surface area contributed by atoms with E-state index in [4.69, 9.17) is 11.5 Å². The van der Waals surface area contributed by atoms with E-state index in [1.54, 1.807) is 18.2 Å². The lowest BCUT2D eigenvalue weighted by Gasteiger charge is -2.03. The zero-order valence-corrected chi connectivity index (χ0v) is 8.36. The standard InChI is InChI=1S/C12H13NO2/c1-2-3-7-13-9-10-5-4-6-11(8-10)12(14)15/h1,4-6,8,13H,3,7,9H2,(H,14,15). The van der Waals surface area contributed by atoms with Crippen molar-refractivity contribution in [2.75, 3.05) is 6.54 Å². The molecule has 1 aromatic carbocycles. The monoisotopic (exact) mass is 203 g/mol. The van der Waals surface area contributed by atoms with Gasteiger partial charge in [-0.1, -0.05) is 12.1 Å². The van der Waals surface area contributed by atoms with Crippen LogP contribution in [0.1, 0.15) is 22.3 Å². The molecule has 0 fully saturated rings. The van der Waals surface area contributed by atoms with Crippen molar-refractivity contribution in [3.63, 3.8) is 0 Å². The zero-order chi connectivity index (χ0) is 11.1. The highest BCUT2D eigenvalue weighted by Gasteiger charge is 2.02. The number of carboxylic acid groups (broad SMARTS) is 1. The first-order chi connectivity index (χ1) is 7.24. The van der Waals surface area contributed by atoms with Gasteiger partial charge < -0.3 is 10.4 Å². The molecule has 1 aromatic rings. The molecule has 0 amide bonds. The van der Waals surface area contributed by atoms with Crippen LogP contribution in [-0.4, -0.2) is 17.6 Å². The lowest BCUT2D eigenvalue weighted by Crippen LogP contribution is -2.14. The first-order valence-electron chi connectivity index (χ1n) is 4.70. The largest absolute Gasteiger partial charge is 0.478 e. The molecule has 0 aliphatic heterocycles. The van der Waals surface area contributed by atoms with E-state index in [1.807, 2.05) is 6.07 Å². The van der Waals surface area contributed by atoms with Crippen molar-refractivity contribution < 1.29 is 9.90 Å². The minimum atomic E-state index is -0.902. The highest BCUT2D eigenvalue weighted by Crippen LogP contribution is 2.04. The molecule has 0 aliphatic carbocycles. The molecular weight excluding hydrogens is 190 g/mol. The van der Waals surface area contributed by atoms with Gasteiger partial charge in [0.1, 0.15) is 0 Å². The molecule has 15 heavy (non-hydrogen) atoms. The van der Waals surface area contributed by atoms with Crippen LogP contribution in [0.4, 0.5) is 0 Å². The van der Waals surface area contributed by atoms with Crippen LogP contribution in [-0.2, 0) is 6.54 Å². The van der Waals surface area contributed by atoms with Crippen molar-refractivity contribution in [1.29, 1.82) is 0 Å². The fourth-order valence-corrected chi connectivity index (χ4v) is 1.21. The molecule has 0 aromatic heterocycles. The predicted octanol–water partition coefficient (Wildman–Crippen LogP) is 1.50. The summed E-state index contributed by atoms with van der Waals surface area (Å²) in [6.45, 7) is 1.39. The van der Waals surface area contributed by atoms with Gasteiger partial charge in [-0.3, -0.25) is 0 Å². The molecule has 2 N–H and O–H groups in total. The van der Waals surface area contributed by atoms with Gasteiger partial charge in [-0.15, -0.1) is 12.3 Å². The Balaban J connectivity index is 2.51. The normalized spacial score (nSPS) is 9.53. The summed E-state index contributed by atoms with van der Waals surface area (Å²) in [6, 6.07) is 6.86. The van der Waals surface area contributed by atoms with Crippen molar-refractivity contribution in [2.45, 2.75) is 13.0 Å². The molecule has 0 saturated carbocycles. The average Bonchev–Trinajstić information content (AvgIpc) is 2.25. The average molecular weight is 203 g/mol. The molecule has 0 saturated heterocycles. The van der Waals surface area contributed by atoms with Gasteiger partial charge in [-0.05, 0) is 17.7 Å². The molecule has 0 unspecified atom stereocenters. The van der Waals surface area contributed by atoms with Crippen molar-refractivity contribution >= 4 is 5.97 Å². The van der Waals surface area contributed by atoms with E-state index in [1.165, 1.54) is 0 Å². The highest BCUT2D eigenvalue weighted by molar-refractivity contribution is 5.87. The van der Waals surface area contributed by atoms with E-state index in [-0.39, 0.29) is 0 Å².